The predicted molar refractivity (Wildman–Crippen MR) is 59.3 cm³/mol. The monoisotopic (exact) mass is 222 g/mol. The van der Waals surface area contributed by atoms with Crippen LogP contribution in [0.4, 0.5) is 0 Å². The molecule has 0 rings (SSSR count). The molecule has 0 aromatic rings. The predicted octanol–water partition coefficient (Wildman–Crippen LogP) is 2.48. The second-order valence-electron chi connectivity index (χ2n) is 4.38. The fraction of sp³-hybridized carbons (Fsp3) is 1.00. The van der Waals surface area contributed by atoms with E-state index in [2.05, 4.69) is 33.5 Å². The van der Waals surface area contributed by atoms with Crippen LogP contribution >= 0.6 is 0 Å². The first-order valence-corrected chi connectivity index (χ1v) is 9.79. The van der Waals surface area contributed by atoms with Crippen LogP contribution in [0.1, 0.15) is 13.8 Å². The van der Waals surface area contributed by atoms with Crippen LogP contribution in [0.3, 0.4) is 0 Å². The highest BCUT2D eigenvalue weighted by Gasteiger charge is 2.46. The minimum absolute atomic E-state index is 0.314. The first-order chi connectivity index (χ1) is 5.77. The second kappa shape index (κ2) is 4.70. The van der Waals surface area contributed by atoms with Gasteiger partial charge in [-0.2, -0.15) is 0 Å². The van der Waals surface area contributed by atoms with Crippen LogP contribution in [0.25, 0.3) is 0 Å². The van der Waals surface area contributed by atoms with Crippen molar-refractivity contribution in [3.63, 3.8) is 0 Å². The molecule has 0 fully saturated rings. The van der Waals surface area contributed by atoms with Gasteiger partial charge in [0.25, 0.3) is 0 Å². The van der Waals surface area contributed by atoms with Crippen molar-refractivity contribution in [3.05, 3.63) is 0 Å². The maximum atomic E-state index is 6.02. The number of hydrogen-bond acceptors (Lipinski definition) is 3. The fourth-order valence-corrected chi connectivity index (χ4v) is 7.32. The molecule has 0 unspecified atom stereocenters. The Balaban J connectivity index is 4.58. The van der Waals surface area contributed by atoms with Crippen LogP contribution in [0.2, 0.25) is 25.2 Å². The van der Waals surface area contributed by atoms with Crippen LogP contribution in [-0.2, 0) is 13.0 Å². The molecule has 80 valence electrons. The molecule has 0 aliphatic heterocycles. The SMILES string of the molecule is CO[Si](OC)(O[Si](C)(C)C)C(C)C. The standard InChI is InChI=1S/C8H22O3Si2/c1-8(2)13(9-3,10-4)11-12(5,6)7/h8H,1-7H3. The quantitative estimate of drug-likeness (QED) is 0.669. The Kier molecular flexibility index (Phi) is 4.81. The topological polar surface area (TPSA) is 27.7 Å². The molecule has 0 spiro atoms. The van der Waals surface area contributed by atoms with Gasteiger partial charge in [-0.1, -0.05) is 13.8 Å². The van der Waals surface area contributed by atoms with E-state index in [4.69, 9.17) is 13.0 Å². The van der Waals surface area contributed by atoms with Crippen molar-refractivity contribution in [3.8, 4) is 0 Å². The smallest absolute Gasteiger partial charge is 0.416 e. The lowest BCUT2D eigenvalue weighted by Crippen LogP contribution is -2.53. The van der Waals surface area contributed by atoms with E-state index in [9.17, 15) is 0 Å². The maximum absolute atomic E-state index is 6.02. The summed E-state index contributed by atoms with van der Waals surface area (Å²) in [5, 5.41) is 0. The molecule has 0 bridgehead atoms. The highest BCUT2D eigenvalue weighted by Crippen LogP contribution is 2.26. The molecular formula is C8H22O3Si2. The molecule has 13 heavy (non-hydrogen) atoms. The van der Waals surface area contributed by atoms with Gasteiger partial charge in [-0.3, -0.25) is 0 Å². The molecule has 0 aromatic heterocycles. The number of rotatable bonds is 5. The van der Waals surface area contributed by atoms with Crippen molar-refractivity contribution in [2.24, 2.45) is 0 Å². The summed E-state index contributed by atoms with van der Waals surface area (Å²) in [5.41, 5.74) is 0.314. The molecule has 3 nitrogen and oxygen atoms in total. The molecule has 0 saturated heterocycles. The summed E-state index contributed by atoms with van der Waals surface area (Å²) in [7, 11) is -0.627. The molecule has 0 atom stereocenters. The van der Waals surface area contributed by atoms with Gasteiger partial charge in [-0.15, -0.1) is 0 Å². The summed E-state index contributed by atoms with van der Waals surface area (Å²) in [4.78, 5) is 0. The Labute approximate surface area is 83.9 Å². The van der Waals surface area contributed by atoms with E-state index >= 15 is 0 Å². The van der Waals surface area contributed by atoms with Gasteiger partial charge >= 0.3 is 8.80 Å². The molecule has 0 aromatic carbocycles. The van der Waals surface area contributed by atoms with E-state index in [-0.39, 0.29) is 0 Å². The van der Waals surface area contributed by atoms with Gasteiger partial charge in [0.05, 0.1) is 0 Å². The van der Waals surface area contributed by atoms with Gasteiger partial charge in [0, 0.05) is 19.8 Å². The Morgan fingerprint density at radius 2 is 1.31 bits per heavy atom. The lowest BCUT2D eigenvalue weighted by atomic mass is 10.6. The molecule has 0 radical (unpaired) electrons. The molecule has 0 saturated carbocycles. The summed E-state index contributed by atoms with van der Waals surface area (Å²) in [6.07, 6.45) is 0. The van der Waals surface area contributed by atoms with Crippen molar-refractivity contribution in [2.45, 2.75) is 39.0 Å². The van der Waals surface area contributed by atoms with Crippen LogP contribution in [0.15, 0.2) is 0 Å². The highest BCUT2D eigenvalue weighted by molar-refractivity contribution is 6.80. The van der Waals surface area contributed by atoms with Gasteiger partial charge in [0.2, 0.25) is 0 Å². The van der Waals surface area contributed by atoms with Crippen LogP contribution in [0.5, 0.6) is 0 Å². The van der Waals surface area contributed by atoms with Gasteiger partial charge < -0.3 is 13.0 Å². The summed E-state index contributed by atoms with van der Waals surface area (Å²) in [6, 6.07) is 0. The van der Waals surface area contributed by atoms with Gasteiger partial charge in [-0.05, 0) is 19.6 Å². The van der Waals surface area contributed by atoms with Crippen molar-refractivity contribution < 1.29 is 13.0 Å². The van der Waals surface area contributed by atoms with Crippen molar-refractivity contribution in [1.82, 2.24) is 0 Å². The largest absolute Gasteiger partial charge is 0.492 e. The molecule has 5 heteroatoms. The Bertz CT molecular complexity index is 150. The van der Waals surface area contributed by atoms with Gasteiger partial charge in [0.15, 0.2) is 8.32 Å². The maximum Gasteiger partial charge on any atom is 0.492 e. The van der Waals surface area contributed by atoms with Crippen LogP contribution in [-0.4, -0.2) is 31.3 Å². The van der Waals surface area contributed by atoms with E-state index in [0.29, 0.717) is 5.54 Å². The van der Waals surface area contributed by atoms with E-state index in [1.165, 1.54) is 0 Å². The first kappa shape index (κ1) is 13.3. The molecule has 0 aliphatic carbocycles. The van der Waals surface area contributed by atoms with Crippen molar-refractivity contribution >= 4 is 17.1 Å². The normalized spacial score (nSPS) is 13.8. The fourth-order valence-electron chi connectivity index (χ4n) is 1.18. The second-order valence-corrected chi connectivity index (χ2v) is 12.6. The summed E-state index contributed by atoms with van der Waals surface area (Å²) in [6.45, 7) is 10.6. The lowest BCUT2D eigenvalue weighted by Gasteiger charge is -2.35. The van der Waals surface area contributed by atoms with Crippen LogP contribution in [0, 0.1) is 0 Å². The minimum atomic E-state index is -2.39. The molecule has 0 N–H and O–H groups in total. The minimum Gasteiger partial charge on any atom is -0.416 e. The van der Waals surface area contributed by atoms with E-state index in [0.717, 1.165) is 0 Å². The van der Waals surface area contributed by atoms with E-state index in [1.807, 2.05) is 0 Å². The Hall–Kier alpha value is 0.314. The first-order valence-electron chi connectivity index (χ1n) is 4.58. The molecule has 0 aliphatic rings. The Morgan fingerprint density at radius 3 is 1.38 bits per heavy atom. The molecular weight excluding hydrogens is 200 g/mol. The average molecular weight is 222 g/mol. The third-order valence-corrected chi connectivity index (χ3v) is 7.86. The third-order valence-electron chi connectivity index (χ3n) is 1.72. The number of hydrogen-bond donors (Lipinski definition) is 0. The van der Waals surface area contributed by atoms with Crippen molar-refractivity contribution in [2.75, 3.05) is 14.2 Å². The van der Waals surface area contributed by atoms with Gasteiger partial charge in [0.1, 0.15) is 0 Å². The zero-order chi connectivity index (χ0) is 10.7. The highest BCUT2D eigenvalue weighted by atomic mass is 28.5. The summed E-state index contributed by atoms with van der Waals surface area (Å²) >= 11 is 0. The van der Waals surface area contributed by atoms with Gasteiger partial charge in [-0.25, -0.2) is 0 Å². The summed E-state index contributed by atoms with van der Waals surface area (Å²) in [5.74, 6) is 0. The zero-order valence-corrected chi connectivity index (χ0v) is 11.8. The third kappa shape index (κ3) is 3.91. The molecule has 0 amide bonds. The zero-order valence-electron chi connectivity index (χ0n) is 9.80. The lowest BCUT2D eigenvalue weighted by molar-refractivity contribution is 0.149. The summed E-state index contributed by atoms with van der Waals surface area (Å²) < 4.78 is 16.9. The Morgan fingerprint density at radius 1 is 0.923 bits per heavy atom. The van der Waals surface area contributed by atoms with E-state index in [1.54, 1.807) is 14.2 Å². The van der Waals surface area contributed by atoms with E-state index < -0.39 is 17.1 Å². The molecule has 0 heterocycles. The van der Waals surface area contributed by atoms with Crippen LogP contribution < -0.4 is 0 Å². The van der Waals surface area contributed by atoms with Crippen molar-refractivity contribution in [1.29, 1.82) is 0 Å². The average Bonchev–Trinajstić information content (AvgIpc) is 1.98.